The lowest BCUT2D eigenvalue weighted by Crippen LogP contribution is -2.50. The maximum atomic E-state index is 13.2. The van der Waals surface area contributed by atoms with Crippen LogP contribution in [0.2, 0.25) is 0 Å². The van der Waals surface area contributed by atoms with E-state index in [-0.39, 0.29) is 22.8 Å². The Kier molecular flexibility index (Phi) is 10.2. The first-order chi connectivity index (χ1) is 21.2. The molecule has 2 heterocycles. The summed E-state index contributed by atoms with van der Waals surface area (Å²) in [5, 5.41) is 0. The molecule has 0 radical (unpaired) electrons. The number of rotatable bonds is 12. The van der Waals surface area contributed by atoms with Gasteiger partial charge in [-0.2, -0.15) is 0 Å². The van der Waals surface area contributed by atoms with E-state index in [4.69, 9.17) is 4.74 Å². The maximum absolute atomic E-state index is 13.2. The molecule has 2 aliphatic rings. The van der Waals surface area contributed by atoms with Crippen LogP contribution in [0.5, 0.6) is 5.75 Å². The maximum Gasteiger partial charge on any atom is 0.253 e. The van der Waals surface area contributed by atoms with E-state index >= 15 is 0 Å². The van der Waals surface area contributed by atoms with Crippen molar-refractivity contribution in [3.05, 3.63) is 83.9 Å². The highest BCUT2D eigenvalue weighted by Crippen LogP contribution is 2.32. The molecule has 2 amide bonds. The van der Waals surface area contributed by atoms with E-state index in [1.807, 2.05) is 59.1 Å². The molecule has 1 fully saturated rings. The van der Waals surface area contributed by atoms with Crippen molar-refractivity contribution in [3.63, 3.8) is 0 Å². The molecule has 0 aromatic heterocycles. The number of amides is 2. The molecule has 1 N–H and O–H groups in total. The number of fused-ring (bicyclic) bond motifs is 1. The monoisotopic (exact) mass is 618 g/mol. The summed E-state index contributed by atoms with van der Waals surface area (Å²) in [5.74, 6) is 0.872. The molecule has 1 saturated heterocycles. The topological polar surface area (TPSA) is 99.3 Å². The van der Waals surface area contributed by atoms with Crippen molar-refractivity contribution in [2.24, 2.45) is 0 Å². The number of benzene rings is 3. The Morgan fingerprint density at radius 2 is 1.61 bits per heavy atom. The van der Waals surface area contributed by atoms with Crippen molar-refractivity contribution in [3.8, 4) is 5.75 Å². The van der Waals surface area contributed by atoms with Gasteiger partial charge in [-0.15, -0.1) is 0 Å². The quantitative estimate of drug-likeness (QED) is 0.291. The van der Waals surface area contributed by atoms with E-state index in [9.17, 15) is 18.0 Å². The van der Waals surface area contributed by atoms with Gasteiger partial charge in [0.2, 0.25) is 15.9 Å². The predicted molar refractivity (Wildman–Crippen MR) is 173 cm³/mol. The fourth-order valence-corrected chi connectivity index (χ4v) is 6.94. The van der Waals surface area contributed by atoms with Gasteiger partial charge in [0.1, 0.15) is 5.75 Å². The van der Waals surface area contributed by atoms with Crippen LogP contribution in [0.15, 0.2) is 77.7 Å². The summed E-state index contributed by atoms with van der Waals surface area (Å²) in [6.07, 6.45) is 5.18. The lowest BCUT2D eigenvalue weighted by Gasteiger charge is -2.41. The number of aryl methyl sites for hydroxylation is 1. The van der Waals surface area contributed by atoms with Crippen LogP contribution in [0.1, 0.15) is 54.4 Å². The zero-order chi connectivity index (χ0) is 31.1. The standard InChI is InChI=1S/C34H42N4O5S/c1-36(2)28-13-17-31(18-14-28)44(41,42)35-22-6-3-7-25-43-30-15-10-27(11-16-30)34(40)37-23-20-29(21-24-37)38-32-9-5-4-8-26(32)12-19-33(38)39/h4-5,8-11,13-18,29,35H,3,6-7,12,19-25H2,1-2H3. The second-order valence-electron chi connectivity index (χ2n) is 11.6. The van der Waals surface area contributed by atoms with Gasteiger partial charge < -0.3 is 19.4 Å². The SMILES string of the molecule is CN(C)c1ccc(S(=O)(=O)NCCCCCOc2ccc(C(=O)N3CCC(N4C(=O)CCc5ccccc54)CC3)cc2)cc1. The summed E-state index contributed by atoms with van der Waals surface area (Å²) in [6, 6.07) is 22.3. The molecule has 0 aliphatic carbocycles. The molecule has 3 aromatic rings. The Morgan fingerprint density at radius 1 is 0.909 bits per heavy atom. The lowest BCUT2D eigenvalue weighted by atomic mass is 9.95. The zero-order valence-corrected chi connectivity index (χ0v) is 26.4. The molecule has 0 bridgehead atoms. The number of nitrogens with zero attached hydrogens (tertiary/aromatic N) is 3. The number of nitrogens with one attached hydrogen (secondary N) is 1. The van der Waals surface area contributed by atoms with Gasteiger partial charge in [0.25, 0.3) is 5.91 Å². The molecular formula is C34H42N4O5S. The van der Waals surface area contributed by atoms with Gasteiger partial charge in [0.15, 0.2) is 0 Å². The Labute approximate surface area is 260 Å². The number of carbonyl (C=O) groups is 2. The molecule has 10 heteroatoms. The van der Waals surface area contributed by atoms with Crippen molar-refractivity contribution in [1.82, 2.24) is 9.62 Å². The number of anilines is 2. The summed E-state index contributed by atoms with van der Waals surface area (Å²) in [6.45, 7) is 2.12. The average molecular weight is 619 g/mol. The molecule has 3 aromatic carbocycles. The molecule has 9 nitrogen and oxygen atoms in total. The minimum Gasteiger partial charge on any atom is -0.494 e. The number of likely N-dealkylation sites (tertiary alicyclic amines) is 1. The van der Waals surface area contributed by atoms with E-state index < -0.39 is 10.0 Å². The van der Waals surface area contributed by atoms with Gasteiger partial charge in [-0.1, -0.05) is 18.2 Å². The zero-order valence-electron chi connectivity index (χ0n) is 25.6. The van der Waals surface area contributed by atoms with Gasteiger partial charge in [-0.05, 0) is 98.7 Å². The number of ether oxygens (including phenoxy) is 1. The molecule has 44 heavy (non-hydrogen) atoms. The van der Waals surface area contributed by atoms with Crippen LogP contribution in [0.3, 0.4) is 0 Å². The molecule has 0 saturated carbocycles. The lowest BCUT2D eigenvalue weighted by molar-refractivity contribution is -0.119. The molecule has 0 spiro atoms. The number of unbranched alkanes of at least 4 members (excludes halogenated alkanes) is 2. The largest absolute Gasteiger partial charge is 0.494 e. The van der Waals surface area contributed by atoms with E-state index in [0.717, 1.165) is 43.5 Å². The third-order valence-electron chi connectivity index (χ3n) is 8.39. The Hall–Kier alpha value is -3.89. The Balaban J connectivity index is 1.00. The highest BCUT2D eigenvalue weighted by atomic mass is 32.2. The first kappa shape index (κ1) is 31.5. The number of hydrogen-bond acceptors (Lipinski definition) is 6. The third kappa shape index (κ3) is 7.60. The number of sulfonamides is 1. The van der Waals surface area contributed by atoms with Crippen LogP contribution in [0.25, 0.3) is 0 Å². The fraction of sp³-hybridized carbons (Fsp3) is 0.412. The number of carbonyl (C=O) groups excluding carboxylic acids is 2. The van der Waals surface area contributed by atoms with Crippen LogP contribution in [0.4, 0.5) is 11.4 Å². The van der Waals surface area contributed by atoms with Crippen LogP contribution < -0.4 is 19.3 Å². The van der Waals surface area contributed by atoms with Crippen molar-refractivity contribution >= 4 is 33.2 Å². The van der Waals surface area contributed by atoms with E-state index in [0.29, 0.717) is 50.4 Å². The average Bonchev–Trinajstić information content (AvgIpc) is 3.04. The van der Waals surface area contributed by atoms with E-state index in [2.05, 4.69) is 10.8 Å². The second-order valence-corrected chi connectivity index (χ2v) is 13.4. The predicted octanol–water partition coefficient (Wildman–Crippen LogP) is 4.86. The Morgan fingerprint density at radius 3 is 2.32 bits per heavy atom. The van der Waals surface area contributed by atoms with E-state index in [1.54, 1.807) is 36.4 Å². The number of piperidine rings is 1. The minimum atomic E-state index is -3.53. The van der Waals surface area contributed by atoms with Crippen LogP contribution in [-0.2, 0) is 21.2 Å². The summed E-state index contributed by atoms with van der Waals surface area (Å²) in [4.78, 5) is 32.0. The molecule has 2 aliphatic heterocycles. The van der Waals surface area contributed by atoms with Gasteiger partial charge >= 0.3 is 0 Å². The molecule has 5 rings (SSSR count). The molecule has 0 unspecified atom stereocenters. The third-order valence-corrected chi connectivity index (χ3v) is 9.87. The van der Waals surface area contributed by atoms with Gasteiger partial charge in [0.05, 0.1) is 11.5 Å². The highest BCUT2D eigenvalue weighted by Gasteiger charge is 2.33. The smallest absolute Gasteiger partial charge is 0.253 e. The number of hydrogen-bond donors (Lipinski definition) is 1. The van der Waals surface area contributed by atoms with E-state index in [1.165, 1.54) is 5.56 Å². The van der Waals surface area contributed by atoms with Crippen molar-refractivity contribution < 1.29 is 22.7 Å². The van der Waals surface area contributed by atoms with Gasteiger partial charge in [-0.25, -0.2) is 13.1 Å². The van der Waals surface area contributed by atoms with Crippen molar-refractivity contribution in [2.75, 3.05) is 50.1 Å². The van der Waals surface area contributed by atoms with Crippen molar-refractivity contribution in [1.29, 1.82) is 0 Å². The highest BCUT2D eigenvalue weighted by molar-refractivity contribution is 7.89. The summed E-state index contributed by atoms with van der Waals surface area (Å²) in [7, 11) is 0.296. The minimum absolute atomic E-state index is 0.00327. The second kappa shape index (κ2) is 14.3. The summed E-state index contributed by atoms with van der Waals surface area (Å²) >= 11 is 0. The molecule has 234 valence electrons. The summed E-state index contributed by atoms with van der Waals surface area (Å²) in [5.41, 5.74) is 3.81. The van der Waals surface area contributed by atoms with Gasteiger partial charge in [0, 0.05) is 63.1 Å². The molecule has 0 atom stereocenters. The van der Waals surface area contributed by atoms with Crippen LogP contribution >= 0.6 is 0 Å². The normalized spacial score (nSPS) is 15.6. The van der Waals surface area contributed by atoms with Crippen LogP contribution in [0, 0.1) is 0 Å². The summed E-state index contributed by atoms with van der Waals surface area (Å²) < 4.78 is 33.5. The van der Waals surface area contributed by atoms with Gasteiger partial charge in [-0.3, -0.25) is 9.59 Å². The Bertz CT molecular complexity index is 1530. The van der Waals surface area contributed by atoms with Crippen LogP contribution in [-0.4, -0.2) is 71.5 Å². The first-order valence-electron chi connectivity index (χ1n) is 15.4. The number of para-hydroxylation sites is 1. The van der Waals surface area contributed by atoms with Crippen molar-refractivity contribution in [2.45, 2.75) is 55.9 Å². The first-order valence-corrected chi connectivity index (χ1v) is 16.9. The molecular weight excluding hydrogens is 576 g/mol. The fourth-order valence-electron chi connectivity index (χ4n) is 5.86.